The van der Waals surface area contributed by atoms with E-state index in [1.165, 1.54) is 7.11 Å². The average Bonchev–Trinajstić information content (AvgIpc) is 2.41. The summed E-state index contributed by atoms with van der Waals surface area (Å²) in [5.41, 5.74) is -1.26. The molecule has 0 spiro atoms. The van der Waals surface area contributed by atoms with Crippen molar-refractivity contribution in [3.63, 3.8) is 0 Å². The van der Waals surface area contributed by atoms with Crippen LogP contribution in [0.1, 0.15) is 33.1 Å². The molecule has 0 saturated heterocycles. The molecular formula is C17H28O4Si. The smallest absolute Gasteiger partial charge is 0.322 e. The number of ether oxygens (including phenoxy) is 1. The van der Waals surface area contributed by atoms with Crippen LogP contribution in [-0.2, 0) is 18.8 Å². The van der Waals surface area contributed by atoms with Gasteiger partial charge in [-0.05, 0) is 43.8 Å². The summed E-state index contributed by atoms with van der Waals surface area (Å²) in [6.07, 6.45) is 5.42. The molecule has 0 amide bonds. The maximum atomic E-state index is 12.9. The Balaban J connectivity index is 2.59. The van der Waals surface area contributed by atoms with Crippen LogP contribution in [0.15, 0.2) is 12.2 Å². The topological polar surface area (TPSA) is 52.6 Å². The molecule has 124 valence electrons. The van der Waals surface area contributed by atoms with Gasteiger partial charge < -0.3 is 9.16 Å². The second-order valence-electron chi connectivity index (χ2n) is 8.14. The van der Waals surface area contributed by atoms with Crippen LogP contribution in [0, 0.1) is 16.7 Å². The summed E-state index contributed by atoms with van der Waals surface area (Å²) in [5, 5.41) is 0. The van der Waals surface area contributed by atoms with Gasteiger partial charge in [-0.25, -0.2) is 0 Å². The van der Waals surface area contributed by atoms with Crippen LogP contribution >= 0.6 is 0 Å². The second-order valence-corrected chi connectivity index (χ2v) is 12.6. The first-order chi connectivity index (χ1) is 10.1. The van der Waals surface area contributed by atoms with E-state index in [9.17, 15) is 9.59 Å². The zero-order valence-corrected chi connectivity index (χ0v) is 15.6. The number of fused-ring (bicyclic) bond motifs is 1. The van der Waals surface area contributed by atoms with Gasteiger partial charge in [-0.3, -0.25) is 9.59 Å². The lowest BCUT2D eigenvalue weighted by molar-refractivity contribution is -0.179. The fraction of sp³-hybridized carbons (Fsp3) is 0.765. The van der Waals surface area contributed by atoms with E-state index in [1.807, 2.05) is 6.08 Å². The van der Waals surface area contributed by atoms with Gasteiger partial charge in [0.05, 0.1) is 13.2 Å². The van der Waals surface area contributed by atoms with Crippen LogP contribution < -0.4 is 0 Å². The molecule has 0 aromatic rings. The van der Waals surface area contributed by atoms with E-state index in [-0.39, 0.29) is 17.1 Å². The molecule has 0 unspecified atom stereocenters. The molecule has 0 aromatic heterocycles. The summed E-state index contributed by atoms with van der Waals surface area (Å²) in [6.45, 7) is 10.5. The fourth-order valence-electron chi connectivity index (χ4n) is 4.03. The van der Waals surface area contributed by atoms with E-state index >= 15 is 0 Å². The third-order valence-corrected chi connectivity index (χ3v) is 6.05. The Bertz CT molecular complexity index is 493. The van der Waals surface area contributed by atoms with Gasteiger partial charge in [0.2, 0.25) is 0 Å². The number of esters is 1. The number of hydrogen-bond acceptors (Lipinski definition) is 4. The van der Waals surface area contributed by atoms with E-state index < -0.39 is 25.8 Å². The molecule has 0 bridgehead atoms. The lowest BCUT2D eigenvalue weighted by Gasteiger charge is -2.54. The Morgan fingerprint density at radius 1 is 1.32 bits per heavy atom. The number of methoxy groups -OCH3 is 1. The summed E-state index contributed by atoms with van der Waals surface area (Å²) < 4.78 is 11.4. The molecule has 2 aliphatic rings. The molecule has 2 rings (SSSR count). The van der Waals surface area contributed by atoms with Crippen molar-refractivity contribution in [3.8, 4) is 0 Å². The second kappa shape index (κ2) is 5.60. The highest BCUT2D eigenvalue weighted by atomic mass is 28.4. The van der Waals surface area contributed by atoms with Gasteiger partial charge in [-0.2, -0.15) is 0 Å². The summed E-state index contributed by atoms with van der Waals surface area (Å²) in [6, 6.07) is 0. The molecule has 0 radical (unpaired) electrons. The van der Waals surface area contributed by atoms with Crippen molar-refractivity contribution in [1.82, 2.24) is 0 Å². The molecule has 0 heterocycles. The Morgan fingerprint density at radius 3 is 2.50 bits per heavy atom. The number of carbonyl (C=O) groups is 2. The maximum absolute atomic E-state index is 12.9. The highest BCUT2D eigenvalue weighted by molar-refractivity contribution is 6.69. The lowest BCUT2D eigenvalue weighted by Crippen LogP contribution is -2.63. The molecular weight excluding hydrogens is 296 g/mol. The number of hydrogen-bond donors (Lipinski definition) is 0. The zero-order valence-electron chi connectivity index (χ0n) is 14.6. The van der Waals surface area contributed by atoms with Gasteiger partial charge in [0.15, 0.2) is 19.5 Å². The predicted octanol–water partition coefficient (Wildman–Crippen LogP) is 3.33. The number of carbonyl (C=O) groups excluding carboxylic acids is 2. The van der Waals surface area contributed by atoms with Crippen molar-refractivity contribution in [2.75, 3.05) is 7.11 Å². The van der Waals surface area contributed by atoms with Crippen molar-refractivity contribution in [2.45, 2.75) is 58.9 Å². The SMILES string of the molecule is COC(=O)[C@]12C(=O)CCC(C)(C)[C@H]1CC=C[C@H]2O[Si](C)(C)C. The van der Waals surface area contributed by atoms with Crippen LogP contribution in [-0.4, -0.2) is 33.3 Å². The molecule has 22 heavy (non-hydrogen) atoms. The first-order valence-electron chi connectivity index (χ1n) is 8.02. The van der Waals surface area contributed by atoms with E-state index in [0.29, 0.717) is 6.42 Å². The summed E-state index contributed by atoms with van der Waals surface area (Å²) in [5.74, 6) is -0.515. The van der Waals surface area contributed by atoms with E-state index in [4.69, 9.17) is 9.16 Å². The first-order valence-corrected chi connectivity index (χ1v) is 11.4. The maximum Gasteiger partial charge on any atom is 0.322 e. The van der Waals surface area contributed by atoms with Crippen LogP contribution in [0.4, 0.5) is 0 Å². The predicted molar refractivity (Wildman–Crippen MR) is 87.9 cm³/mol. The van der Waals surface area contributed by atoms with E-state index in [2.05, 4.69) is 39.6 Å². The van der Waals surface area contributed by atoms with E-state index in [1.54, 1.807) is 0 Å². The Kier molecular flexibility index (Phi) is 4.43. The summed E-state index contributed by atoms with van der Waals surface area (Å²) in [4.78, 5) is 25.7. The normalized spacial score (nSPS) is 34.2. The highest BCUT2D eigenvalue weighted by Gasteiger charge is 2.64. The standard InChI is InChI=1S/C17H28O4Si/c1-16(2)11-10-13(18)17(15(19)20-3)12(16)8-7-9-14(17)21-22(4,5)6/h7,9,12,14H,8,10-11H2,1-6H3/t12-,14-,17+/m1/s1. The third-order valence-electron chi connectivity index (χ3n) is 5.09. The van der Waals surface area contributed by atoms with Crippen molar-refractivity contribution in [3.05, 3.63) is 12.2 Å². The fourth-order valence-corrected chi connectivity index (χ4v) is 5.06. The zero-order chi connectivity index (χ0) is 16.8. The number of rotatable bonds is 3. The average molecular weight is 324 g/mol. The first kappa shape index (κ1) is 17.4. The van der Waals surface area contributed by atoms with Gasteiger partial charge in [-0.15, -0.1) is 0 Å². The van der Waals surface area contributed by atoms with Crippen LogP contribution in [0.5, 0.6) is 0 Å². The minimum absolute atomic E-state index is 0.0173. The van der Waals surface area contributed by atoms with Gasteiger partial charge in [-0.1, -0.05) is 26.0 Å². The molecule has 2 aliphatic carbocycles. The minimum atomic E-state index is -1.91. The lowest BCUT2D eigenvalue weighted by atomic mass is 9.50. The van der Waals surface area contributed by atoms with E-state index in [0.717, 1.165) is 12.8 Å². The molecule has 5 heteroatoms. The summed E-state index contributed by atoms with van der Waals surface area (Å²) in [7, 11) is -0.546. The quantitative estimate of drug-likeness (QED) is 0.346. The van der Waals surface area contributed by atoms with Crippen molar-refractivity contribution in [2.24, 2.45) is 16.7 Å². The van der Waals surface area contributed by atoms with Gasteiger partial charge in [0, 0.05) is 6.42 Å². The Morgan fingerprint density at radius 2 is 1.95 bits per heavy atom. The molecule has 4 nitrogen and oxygen atoms in total. The van der Waals surface area contributed by atoms with Crippen LogP contribution in [0.2, 0.25) is 19.6 Å². The molecule has 0 aliphatic heterocycles. The summed E-state index contributed by atoms with van der Waals surface area (Å²) >= 11 is 0. The highest BCUT2D eigenvalue weighted by Crippen LogP contribution is 2.56. The molecule has 3 atom stereocenters. The van der Waals surface area contributed by atoms with Crippen LogP contribution in [0.25, 0.3) is 0 Å². The van der Waals surface area contributed by atoms with Crippen molar-refractivity contribution in [1.29, 1.82) is 0 Å². The van der Waals surface area contributed by atoms with Gasteiger partial charge in [0.25, 0.3) is 0 Å². The largest absolute Gasteiger partial charge is 0.468 e. The molecule has 1 saturated carbocycles. The number of Topliss-reactive ketones (excluding diaryl/α,β-unsaturated/α-hetero) is 1. The molecule has 0 aromatic carbocycles. The minimum Gasteiger partial charge on any atom is -0.468 e. The van der Waals surface area contributed by atoms with Gasteiger partial charge >= 0.3 is 5.97 Å². The number of allylic oxidation sites excluding steroid dienone is 1. The molecule has 1 fully saturated rings. The van der Waals surface area contributed by atoms with Gasteiger partial charge in [0.1, 0.15) is 0 Å². The number of ketones is 1. The third kappa shape index (κ3) is 2.69. The molecule has 0 N–H and O–H groups in total. The van der Waals surface area contributed by atoms with Crippen molar-refractivity contribution < 1.29 is 18.8 Å². The van der Waals surface area contributed by atoms with Crippen molar-refractivity contribution >= 4 is 20.1 Å². The Labute approximate surface area is 134 Å². The van der Waals surface area contributed by atoms with Crippen LogP contribution in [0.3, 0.4) is 0 Å². The monoisotopic (exact) mass is 324 g/mol. The Hall–Kier alpha value is -0.943.